The van der Waals surface area contributed by atoms with Crippen LogP contribution in [0.5, 0.6) is 0 Å². The van der Waals surface area contributed by atoms with E-state index in [-0.39, 0.29) is 5.69 Å². The third kappa shape index (κ3) is 4.29. The van der Waals surface area contributed by atoms with E-state index in [1.807, 2.05) is 19.0 Å². The van der Waals surface area contributed by atoms with Crippen LogP contribution >= 0.6 is 11.3 Å². The SMILES string of the molecule is CN(C)CC#CCNc1nc(C(=O)O)cs1. The number of carbonyl (C=O) groups is 1. The van der Waals surface area contributed by atoms with Gasteiger partial charge in [-0.2, -0.15) is 0 Å². The normalized spacial score (nSPS) is 9.69. The molecule has 1 rings (SSSR count). The maximum atomic E-state index is 10.5. The summed E-state index contributed by atoms with van der Waals surface area (Å²) in [5.41, 5.74) is 0.0637. The lowest BCUT2D eigenvalue weighted by Crippen LogP contribution is -2.11. The Hall–Kier alpha value is -1.58. The van der Waals surface area contributed by atoms with E-state index in [1.165, 1.54) is 16.7 Å². The average molecular weight is 239 g/mol. The number of nitrogens with one attached hydrogen (secondary N) is 1. The molecule has 0 saturated heterocycles. The average Bonchev–Trinajstić information content (AvgIpc) is 2.65. The van der Waals surface area contributed by atoms with Crippen molar-refractivity contribution < 1.29 is 9.90 Å². The van der Waals surface area contributed by atoms with Crippen LogP contribution in [0.15, 0.2) is 5.38 Å². The molecule has 0 atom stereocenters. The molecular formula is C10H13N3O2S. The van der Waals surface area contributed by atoms with Gasteiger partial charge in [0.05, 0.1) is 13.1 Å². The molecule has 86 valence electrons. The Morgan fingerprint density at radius 2 is 2.38 bits per heavy atom. The highest BCUT2D eigenvalue weighted by Gasteiger charge is 2.07. The van der Waals surface area contributed by atoms with Crippen LogP contribution in [0.4, 0.5) is 5.13 Å². The van der Waals surface area contributed by atoms with Crippen molar-refractivity contribution in [3.05, 3.63) is 11.1 Å². The Morgan fingerprint density at radius 1 is 1.62 bits per heavy atom. The summed E-state index contributed by atoms with van der Waals surface area (Å²) in [6, 6.07) is 0. The zero-order chi connectivity index (χ0) is 12.0. The number of hydrogen-bond donors (Lipinski definition) is 2. The van der Waals surface area contributed by atoms with Crippen molar-refractivity contribution in [1.29, 1.82) is 0 Å². The first-order valence-corrected chi connectivity index (χ1v) is 5.50. The molecule has 0 aliphatic heterocycles. The van der Waals surface area contributed by atoms with Gasteiger partial charge in [0.2, 0.25) is 0 Å². The molecule has 16 heavy (non-hydrogen) atoms. The summed E-state index contributed by atoms with van der Waals surface area (Å²) in [6.45, 7) is 1.18. The molecule has 0 aliphatic carbocycles. The second-order valence-corrected chi connectivity index (χ2v) is 4.15. The predicted molar refractivity (Wildman–Crippen MR) is 63.9 cm³/mol. The van der Waals surface area contributed by atoms with E-state index in [0.29, 0.717) is 18.2 Å². The third-order valence-electron chi connectivity index (χ3n) is 1.57. The molecule has 0 saturated carbocycles. The number of nitrogens with zero attached hydrogens (tertiary/aromatic N) is 2. The Labute approximate surface area is 98.1 Å². The maximum Gasteiger partial charge on any atom is 0.355 e. The molecule has 1 heterocycles. The van der Waals surface area contributed by atoms with E-state index in [2.05, 4.69) is 22.1 Å². The van der Waals surface area contributed by atoms with E-state index >= 15 is 0 Å². The first-order valence-electron chi connectivity index (χ1n) is 4.62. The molecule has 0 radical (unpaired) electrons. The molecule has 5 nitrogen and oxygen atoms in total. The molecular weight excluding hydrogens is 226 g/mol. The van der Waals surface area contributed by atoms with Crippen molar-refractivity contribution in [1.82, 2.24) is 9.88 Å². The maximum absolute atomic E-state index is 10.5. The summed E-state index contributed by atoms with van der Waals surface area (Å²) in [5.74, 6) is 4.87. The van der Waals surface area contributed by atoms with Crippen molar-refractivity contribution in [3.63, 3.8) is 0 Å². The molecule has 0 bridgehead atoms. The van der Waals surface area contributed by atoms with E-state index in [4.69, 9.17) is 5.11 Å². The summed E-state index contributed by atoms with van der Waals surface area (Å²) in [7, 11) is 3.89. The van der Waals surface area contributed by atoms with Crippen molar-refractivity contribution in [3.8, 4) is 11.8 Å². The number of anilines is 1. The Morgan fingerprint density at radius 3 is 2.94 bits per heavy atom. The Kier molecular flexibility index (Phi) is 4.76. The van der Waals surface area contributed by atoms with Crippen LogP contribution in [0.3, 0.4) is 0 Å². The summed E-state index contributed by atoms with van der Waals surface area (Å²) in [6.07, 6.45) is 0. The van der Waals surface area contributed by atoms with Gasteiger partial charge >= 0.3 is 5.97 Å². The van der Waals surface area contributed by atoms with E-state index in [1.54, 1.807) is 0 Å². The van der Waals surface area contributed by atoms with Crippen LogP contribution in [0.25, 0.3) is 0 Å². The second-order valence-electron chi connectivity index (χ2n) is 3.29. The highest BCUT2D eigenvalue weighted by molar-refractivity contribution is 7.13. The van der Waals surface area contributed by atoms with Gasteiger partial charge in [-0.3, -0.25) is 4.90 Å². The zero-order valence-corrected chi connectivity index (χ0v) is 9.97. The number of hydrogen-bond acceptors (Lipinski definition) is 5. The quantitative estimate of drug-likeness (QED) is 0.761. The Balaban J connectivity index is 2.36. The fourth-order valence-electron chi connectivity index (χ4n) is 0.849. The highest BCUT2D eigenvalue weighted by Crippen LogP contribution is 2.14. The molecule has 0 aromatic carbocycles. The summed E-state index contributed by atoms with van der Waals surface area (Å²) >= 11 is 1.26. The van der Waals surface area contributed by atoms with Gasteiger partial charge in [0.1, 0.15) is 0 Å². The summed E-state index contributed by atoms with van der Waals surface area (Å²) < 4.78 is 0. The molecule has 0 amide bonds. The number of carboxylic acids is 1. The first kappa shape index (κ1) is 12.5. The van der Waals surface area contributed by atoms with Crippen molar-refractivity contribution >= 4 is 22.4 Å². The number of aromatic carboxylic acids is 1. The largest absolute Gasteiger partial charge is 0.476 e. The van der Waals surface area contributed by atoms with Crippen LogP contribution in [0.1, 0.15) is 10.5 Å². The molecule has 1 aromatic heterocycles. The smallest absolute Gasteiger partial charge is 0.355 e. The van der Waals surface area contributed by atoms with Crippen LogP contribution < -0.4 is 5.32 Å². The van der Waals surface area contributed by atoms with Gasteiger partial charge in [0, 0.05) is 5.38 Å². The molecule has 0 aliphatic rings. The van der Waals surface area contributed by atoms with Crippen LogP contribution in [0, 0.1) is 11.8 Å². The lowest BCUT2D eigenvalue weighted by molar-refractivity contribution is 0.0691. The van der Waals surface area contributed by atoms with Gasteiger partial charge in [0.15, 0.2) is 10.8 Å². The van der Waals surface area contributed by atoms with Crippen molar-refractivity contribution in [2.45, 2.75) is 0 Å². The zero-order valence-electron chi connectivity index (χ0n) is 9.15. The minimum absolute atomic E-state index is 0.0637. The van der Waals surface area contributed by atoms with Crippen LogP contribution in [-0.2, 0) is 0 Å². The van der Waals surface area contributed by atoms with Crippen LogP contribution in [0.2, 0.25) is 0 Å². The molecule has 6 heteroatoms. The minimum atomic E-state index is -1.01. The lowest BCUT2D eigenvalue weighted by atomic mass is 10.5. The van der Waals surface area contributed by atoms with Crippen molar-refractivity contribution in [2.75, 3.05) is 32.5 Å². The van der Waals surface area contributed by atoms with Gasteiger partial charge in [-0.1, -0.05) is 11.8 Å². The van der Waals surface area contributed by atoms with E-state index < -0.39 is 5.97 Å². The number of thiazole rings is 1. The van der Waals surface area contributed by atoms with Crippen molar-refractivity contribution in [2.24, 2.45) is 0 Å². The monoisotopic (exact) mass is 239 g/mol. The van der Waals surface area contributed by atoms with E-state index in [9.17, 15) is 4.79 Å². The summed E-state index contributed by atoms with van der Waals surface area (Å²) in [5, 5.41) is 13.7. The van der Waals surface area contributed by atoms with Gasteiger partial charge in [-0.25, -0.2) is 9.78 Å². The van der Waals surface area contributed by atoms with Gasteiger partial charge in [-0.05, 0) is 14.1 Å². The highest BCUT2D eigenvalue weighted by atomic mass is 32.1. The van der Waals surface area contributed by atoms with Gasteiger partial charge in [-0.15, -0.1) is 11.3 Å². The third-order valence-corrected chi connectivity index (χ3v) is 2.37. The number of aromatic nitrogens is 1. The van der Waals surface area contributed by atoms with E-state index in [0.717, 1.165) is 0 Å². The molecule has 2 N–H and O–H groups in total. The Bertz CT molecular complexity index is 417. The molecule has 0 unspecified atom stereocenters. The second kappa shape index (κ2) is 6.10. The summed E-state index contributed by atoms with van der Waals surface area (Å²) in [4.78, 5) is 16.4. The standard InChI is InChI=1S/C10H13N3O2S/c1-13(2)6-4-3-5-11-10-12-8(7-16-10)9(14)15/h7H,5-6H2,1-2H3,(H,11,12)(H,14,15). The minimum Gasteiger partial charge on any atom is -0.476 e. The number of carboxylic acid groups (broad SMARTS) is 1. The first-order chi connectivity index (χ1) is 7.59. The fourth-order valence-corrected chi connectivity index (χ4v) is 1.53. The lowest BCUT2D eigenvalue weighted by Gasteiger charge is -2.00. The van der Waals surface area contributed by atoms with Crippen LogP contribution in [-0.4, -0.2) is 48.1 Å². The van der Waals surface area contributed by atoms with Gasteiger partial charge < -0.3 is 10.4 Å². The topological polar surface area (TPSA) is 65.5 Å². The predicted octanol–water partition coefficient (Wildman–Crippen LogP) is 0.818. The molecule has 1 aromatic rings. The fraction of sp³-hybridized carbons (Fsp3) is 0.400. The van der Waals surface area contributed by atoms with Gasteiger partial charge in [0.25, 0.3) is 0 Å². The number of rotatable bonds is 4. The molecule has 0 fully saturated rings. The molecule has 0 spiro atoms.